The zero-order chi connectivity index (χ0) is 16.9. The molecule has 0 aliphatic carbocycles. The van der Waals surface area contributed by atoms with Crippen LogP contribution in [-0.4, -0.2) is 59.5 Å². The molecule has 0 fully saturated rings. The molecule has 120 valence electrons. The fourth-order valence-electron chi connectivity index (χ4n) is 2.09. The molecule has 2 amide bonds. The highest BCUT2D eigenvalue weighted by Gasteiger charge is 2.24. The van der Waals surface area contributed by atoms with Crippen LogP contribution in [0.5, 0.6) is 0 Å². The maximum absolute atomic E-state index is 12.2. The maximum atomic E-state index is 12.2. The number of nitro groups is 1. The molecular formula is C14H19N3O5. The van der Waals surface area contributed by atoms with E-state index in [2.05, 4.69) is 0 Å². The van der Waals surface area contributed by atoms with Crippen molar-refractivity contribution < 1.29 is 19.6 Å². The van der Waals surface area contributed by atoms with Crippen LogP contribution in [0, 0.1) is 16.0 Å². The number of nitrogens with zero attached hydrogens (tertiary/aromatic N) is 3. The third-order valence-corrected chi connectivity index (χ3v) is 3.21. The Bertz CT molecular complexity index is 573. The molecule has 8 heteroatoms. The number of hydrogen-bond acceptors (Lipinski definition) is 4. The van der Waals surface area contributed by atoms with Gasteiger partial charge in [0.25, 0.3) is 5.69 Å². The molecule has 0 spiro atoms. The summed E-state index contributed by atoms with van der Waals surface area (Å²) in [4.78, 5) is 35.8. The van der Waals surface area contributed by atoms with Gasteiger partial charge in [0.05, 0.1) is 10.8 Å². The zero-order valence-electron chi connectivity index (χ0n) is 12.7. The van der Waals surface area contributed by atoms with Gasteiger partial charge in [-0.3, -0.25) is 14.9 Å². The van der Waals surface area contributed by atoms with Gasteiger partial charge in [-0.1, -0.05) is 12.1 Å². The first-order valence-electron chi connectivity index (χ1n) is 6.61. The highest BCUT2D eigenvalue weighted by atomic mass is 16.6. The van der Waals surface area contributed by atoms with Crippen LogP contribution in [0.15, 0.2) is 24.3 Å². The molecule has 1 rings (SSSR count). The summed E-state index contributed by atoms with van der Waals surface area (Å²) in [6.07, 6.45) is -0.897. The predicted molar refractivity (Wildman–Crippen MR) is 79.6 cm³/mol. The second kappa shape index (κ2) is 7.39. The molecule has 1 N–H and O–H groups in total. The third-order valence-electron chi connectivity index (χ3n) is 3.21. The van der Waals surface area contributed by atoms with Crippen LogP contribution in [0.2, 0.25) is 0 Å². The monoisotopic (exact) mass is 309 g/mol. The Hall–Kier alpha value is -2.64. The zero-order valence-corrected chi connectivity index (χ0v) is 12.7. The minimum Gasteiger partial charge on any atom is -0.465 e. The van der Waals surface area contributed by atoms with Gasteiger partial charge in [0, 0.05) is 39.8 Å². The fraction of sp³-hybridized carbons (Fsp3) is 0.429. The molecule has 0 heterocycles. The molecule has 1 aromatic carbocycles. The molecule has 0 saturated heterocycles. The van der Waals surface area contributed by atoms with Crippen molar-refractivity contribution >= 4 is 17.7 Å². The van der Waals surface area contributed by atoms with Crippen molar-refractivity contribution in [2.45, 2.75) is 6.42 Å². The highest BCUT2D eigenvalue weighted by Crippen LogP contribution is 2.18. The average Bonchev–Trinajstić information content (AvgIpc) is 2.45. The minimum atomic E-state index is -1.13. The van der Waals surface area contributed by atoms with Gasteiger partial charge in [-0.15, -0.1) is 0 Å². The van der Waals surface area contributed by atoms with Crippen LogP contribution < -0.4 is 0 Å². The van der Waals surface area contributed by atoms with Crippen molar-refractivity contribution in [3.05, 3.63) is 39.9 Å². The quantitative estimate of drug-likeness (QED) is 0.632. The Morgan fingerprint density at radius 3 is 2.45 bits per heavy atom. The lowest BCUT2D eigenvalue weighted by atomic mass is 9.97. The van der Waals surface area contributed by atoms with E-state index >= 15 is 0 Å². The van der Waals surface area contributed by atoms with E-state index in [0.717, 1.165) is 4.90 Å². The van der Waals surface area contributed by atoms with Crippen molar-refractivity contribution in [1.82, 2.24) is 9.80 Å². The molecule has 0 aliphatic heterocycles. The van der Waals surface area contributed by atoms with Gasteiger partial charge in [0.2, 0.25) is 5.91 Å². The summed E-state index contributed by atoms with van der Waals surface area (Å²) >= 11 is 0. The number of amides is 2. The summed E-state index contributed by atoms with van der Waals surface area (Å²) in [6, 6.07) is 6.00. The molecule has 1 unspecified atom stereocenters. The molecule has 1 atom stereocenters. The lowest BCUT2D eigenvalue weighted by Gasteiger charge is -2.24. The summed E-state index contributed by atoms with van der Waals surface area (Å²) in [7, 11) is 4.55. The van der Waals surface area contributed by atoms with Gasteiger partial charge in [0.1, 0.15) is 0 Å². The number of benzene rings is 1. The summed E-state index contributed by atoms with van der Waals surface area (Å²) in [5.74, 6) is -0.822. The largest absolute Gasteiger partial charge is 0.465 e. The lowest BCUT2D eigenvalue weighted by Crippen LogP contribution is -2.40. The molecule has 1 aromatic rings. The Kier molecular flexibility index (Phi) is 5.85. The Balaban J connectivity index is 2.97. The van der Waals surface area contributed by atoms with Crippen molar-refractivity contribution in [1.29, 1.82) is 0 Å². The number of non-ortho nitro benzene ring substituents is 1. The van der Waals surface area contributed by atoms with E-state index < -0.39 is 16.9 Å². The van der Waals surface area contributed by atoms with E-state index in [9.17, 15) is 19.7 Å². The van der Waals surface area contributed by atoms with Crippen LogP contribution >= 0.6 is 0 Å². The molecule has 0 aliphatic rings. The topological polar surface area (TPSA) is 104 Å². The van der Waals surface area contributed by atoms with Crippen molar-refractivity contribution in [3.8, 4) is 0 Å². The van der Waals surface area contributed by atoms with Gasteiger partial charge in [-0.25, -0.2) is 4.79 Å². The summed E-state index contributed by atoms with van der Waals surface area (Å²) in [5, 5.41) is 19.7. The van der Waals surface area contributed by atoms with Crippen molar-refractivity contribution in [2.75, 3.05) is 27.7 Å². The number of carbonyl (C=O) groups excluding carboxylic acids is 1. The molecule has 8 nitrogen and oxygen atoms in total. The van der Waals surface area contributed by atoms with Gasteiger partial charge in [-0.05, 0) is 12.0 Å². The fourth-order valence-corrected chi connectivity index (χ4v) is 2.09. The number of rotatable bonds is 6. The van der Waals surface area contributed by atoms with E-state index in [1.807, 2.05) is 0 Å². The van der Waals surface area contributed by atoms with E-state index in [4.69, 9.17) is 5.11 Å². The van der Waals surface area contributed by atoms with Gasteiger partial charge in [-0.2, -0.15) is 0 Å². The predicted octanol–water partition coefficient (Wildman–Crippen LogP) is 1.45. The number of nitro benzene ring substituents is 1. The first-order chi connectivity index (χ1) is 10.2. The van der Waals surface area contributed by atoms with E-state index in [1.54, 1.807) is 26.2 Å². The highest BCUT2D eigenvalue weighted by molar-refractivity contribution is 5.79. The van der Waals surface area contributed by atoms with Crippen LogP contribution in [0.1, 0.15) is 5.56 Å². The average molecular weight is 309 g/mol. The maximum Gasteiger partial charge on any atom is 0.407 e. The second-order valence-corrected chi connectivity index (χ2v) is 5.22. The standard InChI is InChI=1S/C14H19N3O5/c1-15(2)13(18)11(9-16(3)14(19)20)7-10-5-4-6-12(8-10)17(21)22/h4-6,8,11H,7,9H2,1-3H3,(H,19,20). The summed E-state index contributed by atoms with van der Waals surface area (Å²) < 4.78 is 0. The summed E-state index contributed by atoms with van der Waals surface area (Å²) in [6.45, 7) is 0.0229. The van der Waals surface area contributed by atoms with Crippen LogP contribution in [-0.2, 0) is 11.2 Å². The first kappa shape index (κ1) is 17.4. The number of hydrogen-bond donors (Lipinski definition) is 1. The molecule has 0 aromatic heterocycles. The molecule has 22 heavy (non-hydrogen) atoms. The van der Waals surface area contributed by atoms with E-state index in [0.29, 0.717) is 5.56 Å². The normalized spacial score (nSPS) is 11.6. The Morgan fingerprint density at radius 2 is 1.95 bits per heavy atom. The van der Waals surface area contributed by atoms with Crippen molar-refractivity contribution in [2.24, 2.45) is 5.92 Å². The van der Waals surface area contributed by atoms with Crippen LogP contribution in [0.3, 0.4) is 0 Å². The molecular weight excluding hydrogens is 290 g/mol. The second-order valence-electron chi connectivity index (χ2n) is 5.22. The Morgan fingerprint density at radius 1 is 1.32 bits per heavy atom. The van der Waals surface area contributed by atoms with Crippen LogP contribution in [0.4, 0.5) is 10.5 Å². The number of carboxylic acid groups (broad SMARTS) is 1. The molecule has 0 radical (unpaired) electrons. The van der Waals surface area contributed by atoms with Gasteiger partial charge < -0.3 is 14.9 Å². The SMILES string of the molecule is CN(C)C(=O)C(Cc1cccc([N+](=O)[O-])c1)CN(C)C(=O)O. The van der Waals surface area contributed by atoms with Gasteiger partial charge in [0.15, 0.2) is 0 Å². The van der Waals surface area contributed by atoms with Crippen LogP contribution in [0.25, 0.3) is 0 Å². The Labute approximate surface area is 128 Å². The number of carbonyl (C=O) groups is 2. The molecule has 0 bridgehead atoms. The van der Waals surface area contributed by atoms with E-state index in [-0.39, 0.29) is 24.6 Å². The van der Waals surface area contributed by atoms with Crippen molar-refractivity contribution in [3.63, 3.8) is 0 Å². The first-order valence-corrected chi connectivity index (χ1v) is 6.61. The minimum absolute atomic E-state index is 0.0229. The smallest absolute Gasteiger partial charge is 0.407 e. The van der Waals surface area contributed by atoms with Gasteiger partial charge >= 0.3 is 6.09 Å². The summed E-state index contributed by atoms with van der Waals surface area (Å²) in [5.41, 5.74) is 0.563. The van der Waals surface area contributed by atoms with E-state index in [1.165, 1.54) is 24.1 Å². The molecule has 0 saturated carbocycles. The lowest BCUT2D eigenvalue weighted by molar-refractivity contribution is -0.384. The third kappa shape index (κ3) is 4.72.